The van der Waals surface area contributed by atoms with Crippen molar-refractivity contribution in [1.82, 2.24) is 0 Å². The normalized spacial score (nSPS) is 15.2. The molecule has 1 heteroatoms. The maximum absolute atomic E-state index is 4.94. The molecular weight excluding hydrogens is 160 g/mol. The molecule has 0 aliphatic carbocycles. The second-order valence-corrected chi connectivity index (χ2v) is 3.73. The van der Waals surface area contributed by atoms with E-state index in [2.05, 4.69) is 13.8 Å². The average molecular weight is 186 g/mol. The van der Waals surface area contributed by atoms with Crippen LogP contribution in [0.3, 0.4) is 0 Å². The molecule has 0 N–H and O–H groups in total. The lowest BCUT2D eigenvalue weighted by Crippen LogP contribution is -1.74. The van der Waals surface area contributed by atoms with E-state index in [1.54, 1.807) is 0 Å². The van der Waals surface area contributed by atoms with Crippen molar-refractivity contribution in [3.63, 3.8) is 0 Å². The van der Waals surface area contributed by atoms with Crippen LogP contribution in [0, 0.1) is 0 Å². The Labute approximate surface area is 83.9 Å². The third-order valence-corrected chi connectivity index (χ3v) is 2.28. The van der Waals surface area contributed by atoms with E-state index in [4.69, 9.17) is 4.74 Å². The Bertz CT molecular complexity index is 63.6. The van der Waals surface area contributed by atoms with Crippen molar-refractivity contribution in [2.45, 2.75) is 65.2 Å². The monoisotopic (exact) mass is 186 g/mol. The van der Waals surface area contributed by atoms with E-state index in [0.29, 0.717) is 0 Å². The molecule has 0 radical (unpaired) electrons. The minimum atomic E-state index is 1.00. The van der Waals surface area contributed by atoms with Gasteiger partial charge in [0.2, 0.25) is 0 Å². The van der Waals surface area contributed by atoms with Crippen molar-refractivity contribution < 1.29 is 4.74 Å². The fourth-order valence-electron chi connectivity index (χ4n) is 1.36. The van der Waals surface area contributed by atoms with Crippen LogP contribution in [0.2, 0.25) is 0 Å². The highest BCUT2D eigenvalue weighted by molar-refractivity contribution is 4.43. The summed E-state index contributed by atoms with van der Waals surface area (Å²) >= 11 is 0. The van der Waals surface area contributed by atoms with Crippen molar-refractivity contribution in [2.24, 2.45) is 0 Å². The number of ether oxygens (including phenoxy) is 1. The highest BCUT2D eigenvalue weighted by Crippen LogP contribution is 2.03. The predicted molar refractivity (Wildman–Crippen MR) is 59.1 cm³/mol. The fraction of sp³-hybridized carbons (Fsp3) is 1.00. The summed E-state index contributed by atoms with van der Waals surface area (Å²) in [5, 5.41) is 0. The van der Waals surface area contributed by atoms with Crippen LogP contribution in [0.5, 0.6) is 0 Å². The summed E-state index contributed by atoms with van der Waals surface area (Å²) < 4.78 is 4.94. The second kappa shape index (κ2) is 12.0. The van der Waals surface area contributed by atoms with Crippen molar-refractivity contribution >= 4 is 0 Å². The summed E-state index contributed by atoms with van der Waals surface area (Å²) in [6.45, 7) is 6.51. The van der Waals surface area contributed by atoms with Crippen molar-refractivity contribution in [1.29, 1.82) is 0 Å². The van der Waals surface area contributed by atoms with Gasteiger partial charge in [-0.05, 0) is 12.8 Å². The lowest BCUT2D eigenvalue weighted by molar-refractivity contribution is 0.198. The van der Waals surface area contributed by atoms with Crippen LogP contribution in [-0.4, -0.2) is 13.2 Å². The summed E-state index contributed by atoms with van der Waals surface area (Å²) in [7, 11) is 0. The Balaban J connectivity index is 0.000000243. The van der Waals surface area contributed by atoms with E-state index in [1.165, 1.54) is 51.4 Å². The summed E-state index contributed by atoms with van der Waals surface area (Å²) in [6.07, 6.45) is 11.0. The molecule has 0 bridgehead atoms. The first kappa shape index (κ1) is 13.0. The molecule has 0 aromatic carbocycles. The van der Waals surface area contributed by atoms with Crippen molar-refractivity contribution in [3.05, 3.63) is 0 Å². The molecular formula is C12H26O. The lowest BCUT2D eigenvalue weighted by atomic mass is 10.1. The molecule has 0 saturated carbocycles. The van der Waals surface area contributed by atoms with E-state index >= 15 is 0 Å². The number of hydrogen-bond acceptors (Lipinski definition) is 1. The molecule has 0 aromatic rings. The summed E-state index contributed by atoms with van der Waals surface area (Å²) in [5.41, 5.74) is 0. The molecule has 0 aromatic heterocycles. The molecule has 1 fully saturated rings. The first-order valence-electron chi connectivity index (χ1n) is 5.99. The quantitative estimate of drug-likeness (QED) is 0.586. The molecule has 1 nitrogen and oxygen atoms in total. The standard InChI is InChI=1S/C8H18.C4H8O/c1-3-5-7-8-6-4-2;1-2-4-5-3-1/h3-8H2,1-2H3;1-4H2. The van der Waals surface area contributed by atoms with E-state index in [0.717, 1.165) is 13.2 Å². The molecule has 80 valence electrons. The Morgan fingerprint density at radius 2 is 1.23 bits per heavy atom. The van der Waals surface area contributed by atoms with Crippen LogP contribution >= 0.6 is 0 Å². The Hall–Kier alpha value is -0.0400. The Morgan fingerprint density at radius 3 is 1.46 bits per heavy atom. The largest absolute Gasteiger partial charge is 0.381 e. The molecule has 1 aliphatic rings. The zero-order chi connectivity index (χ0) is 9.78. The molecule has 0 amide bonds. The van der Waals surface area contributed by atoms with Crippen LogP contribution in [0.25, 0.3) is 0 Å². The average Bonchev–Trinajstić information content (AvgIpc) is 2.70. The second-order valence-electron chi connectivity index (χ2n) is 3.73. The highest BCUT2D eigenvalue weighted by Gasteiger charge is 1.94. The number of unbranched alkanes of at least 4 members (excludes halogenated alkanes) is 5. The lowest BCUT2D eigenvalue weighted by Gasteiger charge is -1.93. The topological polar surface area (TPSA) is 9.23 Å². The minimum Gasteiger partial charge on any atom is -0.381 e. The molecule has 0 unspecified atom stereocenters. The SMILES string of the molecule is C1CCOC1.CCCCCCCC. The maximum atomic E-state index is 4.94. The van der Waals surface area contributed by atoms with Crippen LogP contribution < -0.4 is 0 Å². The van der Waals surface area contributed by atoms with Gasteiger partial charge in [-0.15, -0.1) is 0 Å². The minimum absolute atomic E-state index is 1.00. The maximum Gasteiger partial charge on any atom is 0.0466 e. The fourth-order valence-corrected chi connectivity index (χ4v) is 1.36. The van der Waals surface area contributed by atoms with Gasteiger partial charge in [0, 0.05) is 13.2 Å². The van der Waals surface area contributed by atoms with Gasteiger partial charge in [-0.25, -0.2) is 0 Å². The van der Waals surface area contributed by atoms with Gasteiger partial charge in [-0.3, -0.25) is 0 Å². The van der Waals surface area contributed by atoms with Gasteiger partial charge in [0.15, 0.2) is 0 Å². The van der Waals surface area contributed by atoms with Gasteiger partial charge in [0.05, 0.1) is 0 Å². The number of rotatable bonds is 5. The third kappa shape index (κ3) is 12.0. The van der Waals surface area contributed by atoms with Gasteiger partial charge in [0.1, 0.15) is 0 Å². The summed E-state index contributed by atoms with van der Waals surface area (Å²) in [4.78, 5) is 0. The van der Waals surface area contributed by atoms with Crippen LogP contribution in [0.1, 0.15) is 65.2 Å². The van der Waals surface area contributed by atoms with E-state index in [1.807, 2.05) is 0 Å². The van der Waals surface area contributed by atoms with Gasteiger partial charge in [-0.2, -0.15) is 0 Å². The molecule has 1 heterocycles. The first-order chi connectivity index (χ1) is 6.41. The Kier molecular flexibility index (Phi) is 11.9. The highest BCUT2D eigenvalue weighted by atomic mass is 16.5. The van der Waals surface area contributed by atoms with Gasteiger partial charge in [0.25, 0.3) is 0 Å². The van der Waals surface area contributed by atoms with E-state index < -0.39 is 0 Å². The van der Waals surface area contributed by atoms with E-state index in [-0.39, 0.29) is 0 Å². The molecule has 1 saturated heterocycles. The molecule has 13 heavy (non-hydrogen) atoms. The zero-order valence-electron chi connectivity index (χ0n) is 9.48. The molecule has 0 spiro atoms. The Morgan fingerprint density at radius 1 is 0.769 bits per heavy atom. The van der Waals surface area contributed by atoms with Crippen molar-refractivity contribution in [3.8, 4) is 0 Å². The van der Waals surface area contributed by atoms with Crippen LogP contribution in [-0.2, 0) is 4.74 Å². The van der Waals surface area contributed by atoms with Gasteiger partial charge >= 0.3 is 0 Å². The van der Waals surface area contributed by atoms with Crippen molar-refractivity contribution in [2.75, 3.05) is 13.2 Å². The third-order valence-electron chi connectivity index (χ3n) is 2.28. The summed E-state index contributed by atoms with van der Waals surface area (Å²) in [6, 6.07) is 0. The van der Waals surface area contributed by atoms with Gasteiger partial charge in [-0.1, -0.05) is 52.4 Å². The molecule has 1 aliphatic heterocycles. The van der Waals surface area contributed by atoms with Crippen LogP contribution in [0.4, 0.5) is 0 Å². The zero-order valence-corrected chi connectivity index (χ0v) is 9.48. The summed E-state index contributed by atoms with van der Waals surface area (Å²) in [5.74, 6) is 0. The van der Waals surface area contributed by atoms with Crippen LogP contribution in [0.15, 0.2) is 0 Å². The smallest absolute Gasteiger partial charge is 0.0466 e. The molecule has 0 atom stereocenters. The predicted octanol–water partition coefficient (Wildman–Crippen LogP) is 4.16. The number of hydrogen-bond donors (Lipinski definition) is 0. The molecule has 1 rings (SSSR count). The van der Waals surface area contributed by atoms with E-state index in [9.17, 15) is 0 Å². The first-order valence-corrected chi connectivity index (χ1v) is 5.99. The van der Waals surface area contributed by atoms with Gasteiger partial charge < -0.3 is 4.74 Å².